The second kappa shape index (κ2) is 5.60. The maximum atomic E-state index is 12.4. The second-order valence-corrected chi connectivity index (χ2v) is 6.80. The molecule has 0 radical (unpaired) electrons. The number of hydrogen-bond donors (Lipinski definition) is 0. The Labute approximate surface area is 126 Å². The number of fused-ring (bicyclic) bond motifs is 1. The van der Waals surface area contributed by atoms with Crippen LogP contribution < -0.4 is 5.56 Å². The molecule has 102 valence electrons. The highest BCUT2D eigenvalue weighted by molar-refractivity contribution is 9.11. The van der Waals surface area contributed by atoms with Gasteiger partial charge in [0.2, 0.25) is 5.91 Å². The van der Waals surface area contributed by atoms with Crippen molar-refractivity contribution in [3.63, 3.8) is 0 Å². The van der Waals surface area contributed by atoms with Gasteiger partial charge in [0, 0.05) is 14.1 Å². The van der Waals surface area contributed by atoms with Gasteiger partial charge in [-0.3, -0.25) is 14.2 Å². The lowest BCUT2D eigenvalue weighted by atomic mass is 10.4. The van der Waals surface area contributed by atoms with Crippen LogP contribution in [0.5, 0.6) is 0 Å². The summed E-state index contributed by atoms with van der Waals surface area (Å²) >= 11 is 10.4. The van der Waals surface area contributed by atoms with E-state index in [1.165, 1.54) is 20.8 Å². The van der Waals surface area contributed by atoms with Crippen LogP contribution in [0.25, 0.3) is 10.2 Å². The maximum absolute atomic E-state index is 12.4. The minimum Gasteiger partial charge on any atom is -0.347 e. The topological polar surface area (TPSA) is 55.2 Å². The molecule has 1 amide bonds. The number of aromatic nitrogens is 2. The van der Waals surface area contributed by atoms with Crippen LogP contribution in [0, 0.1) is 0 Å². The summed E-state index contributed by atoms with van der Waals surface area (Å²) in [5.74, 6) is 0.309. The highest BCUT2D eigenvalue weighted by Crippen LogP contribution is 2.26. The van der Waals surface area contributed by atoms with Crippen LogP contribution in [0.1, 0.15) is 5.82 Å². The van der Waals surface area contributed by atoms with E-state index in [9.17, 15) is 9.59 Å². The van der Waals surface area contributed by atoms with Crippen LogP contribution in [0.4, 0.5) is 0 Å². The Bertz CT molecular complexity index is 695. The molecule has 2 aromatic rings. The molecule has 0 unspecified atom stereocenters. The summed E-state index contributed by atoms with van der Waals surface area (Å²) in [7, 11) is 3.28. The van der Waals surface area contributed by atoms with Crippen LogP contribution in [-0.4, -0.2) is 34.5 Å². The summed E-state index contributed by atoms with van der Waals surface area (Å²) in [6.07, 6.45) is 0. The van der Waals surface area contributed by atoms with Gasteiger partial charge in [-0.15, -0.1) is 22.9 Å². The van der Waals surface area contributed by atoms with Crippen molar-refractivity contribution in [2.75, 3.05) is 14.1 Å². The molecule has 0 fully saturated rings. The first kappa shape index (κ1) is 14.5. The molecule has 2 rings (SSSR count). The molecule has 19 heavy (non-hydrogen) atoms. The predicted molar refractivity (Wildman–Crippen MR) is 79.8 cm³/mol. The first-order valence-corrected chi connectivity index (χ1v) is 7.53. The van der Waals surface area contributed by atoms with Gasteiger partial charge in [-0.2, -0.15) is 0 Å². The summed E-state index contributed by atoms with van der Waals surface area (Å²) in [6, 6.07) is 1.77. The minimum atomic E-state index is -0.230. The number of rotatable bonds is 3. The number of carbonyl (C=O) groups is 1. The Morgan fingerprint density at radius 2 is 2.26 bits per heavy atom. The molecule has 0 aliphatic carbocycles. The molecular formula is C11H11BrClN3O2S. The highest BCUT2D eigenvalue weighted by atomic mass is 79.9. The number of nitrogens with zero attached hydrogens (tertiary/aromatic N) is 3. The van der Waals surface area contributed by atoms with Crippen molar-refractivity contribution in [2.45, 2.75) is 12.4 Å². The van der Waals surface area contributed by atoms with Gasteiger partial charge in [0.15, 0.2) is 0 Å². The molecule has 0 aromatic carbocycles. The fraction of sp³-hybridized carbons (Fsp3) is 0.364. The van der Waals surface area contributed by atoms with Crippen molar-refractivity contribution in [2.24, 2.45) is 0 Å². The number of amides is 1. The molecular weight excluding hydrogens is 354 g/mol. The van der Waals surface area contributed by atoms with Gasteiger partial charge in [-0.1, -0.05) is 0 Å². The van der Waals surface area contributed by atoms with Crippen LogP contribution in [0.2, 0.25) is 0 Å². The Hall–Kier alpha value is -0.920. The van der Waals surface area contributed by atoms with Crippen LogP contribution in [0.15, 0.2) is 14.6 Å². The number of alkyl halides is 1. The van der Waals surface area contributed by atoms with Crippen molar-refractivity contribution >= 4 is 55.0 Å². The molecule has 8 heteroatoms. The molecule has 0 N–H and O–H groups in total. The summed E-state index contributed by atoms with van der Waals surface area (Å²) in [5.41, 5.74) is 0.373. The number of thiophene rings is 1. The van der Waals surface area contributed by atoms with Gasteiger partial charge in [0.05, 0.1) is 15.2 Å². The molecule has 0 spiro atoms. The molecule has 0 aliphatic heterocycles. The van der Waals surface area contributed by atoms with Gasteiger partial charge in [-0.05, 0) is 22.0 Å². The van der Waals surface area contributed by atoms with Gasteiger partial charge in [0.25, 0.3) is 5.56 Å². The normalized spacial score (nSPS) is 10.9. The molecule has 0 aliphatic rings. The zero-order valence-electron chi connectivity index (χ0n) is 10.3. The molecule has 0 atom stereocenters. The van der Waals surface area contributed by atoms with Crippen LogP contribution in [-0.2, 0) is 17.2 Å². The lowest BCUT2D eigenvalue weighted by Gasteiger charge is -2.13. The first-order valence-electron chi connectivity index (χ1n) is 5.39. The first-order chi connectivity index (χ1) is 8.93. The van der Waals surface area contributed by atoms with E-state index >= 15 is 0 Å². The third kappa shape index (κ3) is 2.82. The lowest BCUT2D eigenvalue weighted by molar-refractivity contribution is -0.129. The zero-order chi connectivity index (χ0) is 14.2. The van der Waals surface area contributed by atoms with Gasteiger partial charge in [0.1, 0.15) is 17.1 Å². The Morgan fingerprint density at radius 3 is 2.84 bits per heavy atom. The molecule has 2 aromatic heterocycles. The van der Waals surface area contributed by atoms with Crippen molar-refractivity contribution in [3.8, 4) is 0 Å². The second-order valence-electron chi connectivity index (χ2n) is 4.11. The molecule has 0 saturated carbocycles. The number of likely N-dealkylation sites (N-methyl/N-ethyl adjacent to an activating group) is 1. The number of hydrogen-bond acceptors (Lipinski definition) is 4. The fourth-order valence-corrected chi connectivity index (χ4v) is 3.25. The Balaban J connectivity index is 2.61. The van der Waals surface area contributed by atoms with Crippen molar-refractivity contribution in [3.05, 3.63) is 26.0 Å². The van der Waals surface area contributed by atoms with Gasteiger partial charge in [-0.25, -0.2) is 4.98 Å². The van der Waals surface area contributed by atoms with Crippen molar-refractivity contribution < 1.29 is 4.79 Å². The largest absolute Gasteiger partial charge is 0.347 e. The van der Waals surface area contributed by atoms with Crippen LogP contribution >= 0.6 is 38.9 Å². The summed E-state index contributed by atoms with van der Waals surface area (Å²) in [6.45, 7) is -0.0493. The van der Waals surface area contributed by atoms with E-state index in [2.05, 4.69) is 20.9 Å². The monoisotopic (exact) mass is 363 g/mol. The summed E-state index contributed by atoms with van der Waals surface area (Å²) in [4.78, 5) is 29.9. The van der Waals surface area contributed by atoms with E-state index in [0.29, 0.717) is 16.0 Å². The van der Waals surface area contributed by atoms with Crippen molar-refractivity contribution in [1.82, 2.24) is 14.5 Å². The number of carbonyl (C=O) groups excluding carboxylic acids is 1. The van der Waals surface area contributed by atoms with E-state index < -0.39 is 0 Å². The average molecular weight is 365 g/mol. The highest BCUT2D eigenvalue weighted by Gasteiger charge is 2.16. The maximum Gasteiger partial charge on any atom is 0.272 e. The Kier molecular flexibility index (Phi) is 4.27. The SMILES string of the molecule is CN(C)C(=O)Cn1c(CCl)nc2cc(Br)sc2c1=O. The number of halogens is 2. The van der Waals surface area contributed by atoms with E-state index in [1.54, 1.807) is 20.2 Å². The van der Waals surface area contributed by atoms with E-state index in [4.69, 9.17) is 11.6 Å². The van der Waals surface area contributed by atoms with Gasteiger partial charge < -0.3 is 4.90 Å². The molecule has 0 saturated heterocycles. The van der Waals surface area contributed by atoms with Crippen molar-refractivity contribution in [1.29, 1.82) is 0 Å². The van der Waals surface area contributed by atoms with Crippen LogP contribution in [0.3, 0.4) is 0 Å². The average Bonchev–Trinajstić information content (AvgIpc) is 2.73. The zero-order valence-corrected chi connectivity index (χ0v) is 13.5. The smallest absolute Gasteiger partial charge is 0.272 e. The van der Waals surface area contributed by atoms with E-state index in [0.717, 1.165) is 3.79 Å². The lowest BCUT2D eigenvalue weighted by Crippen LogP contribution is -2.33. The fourth-order valence-electron chi connectivity index (χ4n) is 1.57. The predicted octanol–water partition coefficient (Wildman–Crippen LogP) is 2.05. The van der Waals surface area contributed by atoms with E-state index in [-0.39, 0.29) is 23.9 Å². The summed E-state index contributed by atoms with van der Waals surface area (Å²) < 4.78 is 2.68. The molecule has 2 heterocycles. The Morgan fingerprint density at radius 1 is 1.58 bits per heavy atom. The molecule has 5 nitrogen and oxygen atoms in total. The molecule has 0 bridgehead atoms. The van der Waals surface area contributed by atoms with Gasteiger partial charge >= 0.3 is 0 Å². The standard InChI is InChI=1S/C11H11BrClN3O2S/c1-15(2)9(17)5-16-8(4-13)14-6-3-7(12)19-10(6)11(16)18/h3H,4-5H2,1-2H3. The quantitative estimate of drug-likeness (QED) is 0.783. The van der Waals surface area contributed by atoms with E-state index in [1.807, 2.05) is 0 Å². The third-order valence-corrected chi connectivity index (χ3v) is 4.45. The minimum absolute atomic E-state index is 0.0493. The summed E-state index contributed by atoms with van der Waals surface area (Å²) in [5, 5.41) is 0. The third-order valence-electron chi connectivity index (χ3n) is 2.59.